The maximum Gasteiger partial charge on any atom is 0.441 e. The predicted octanol–water partition coefficient (Wildman–Crippen LogP) is 4.29. The van der Waals surface area contributed by atoms with Crippen molar-refractivity contribution < 1.29 is 18.0 Å². The van der Waals surface area contributed by atoms with Crippen LogP contribution in [0.25, 0.3) is 0 Å². The number of Topliss-reactive ketones (excluding diaryl/α,β-unsaturated/α-hetero) is 1. The minimum absolute atomic E-state index is 0.0115. The van der Waals surface area contributed by atoms with Gasteiger partial charge in [-0.2, -0.15) is 13.2 Å². The second kappa shape index (κ2) is 6.69. The fraction of sp³-hybridized carbons (Fsp3) is 0.417. The van der Waals surface area contributed by atoms with Gasteiger partial charge >= 0.3 is 5.51 Å². The van der Waals surface area contributed by atoms with Gasteiger partial charge in [-0.15, -0.1) is 0 Å². The summed E-state index contributed by atoms with van der Waals surface area (Å²) in [7, 11) is 0. The molecule has 0 spiro atoms. The van der Waals surface area contributed by atoms with Gasteiger partial charge in [0.25, 0.3) is 0 Å². The highest BCUT2D eigenvalue weighted by atomic mass is 32.2. The van der Waals surface area contributed by atoms with E-state index in [2.05, 4.69) is 0 Å². The van der Waals surface area contributed by atoms with Crippen LogP contribution in [0.15, 0.2) is 30.3 Å². The Balaban J connectivity index is 2.18. The Morgan fingerprint density at radius 1 is 1.12 bits per heavy atom. The zero-order chi connectivity index (χ0) is 12.7. The molecule has 0 aliphatic heterocycles. The van der Waals surface area contributed by atoms with Gasteiger partial charge in [0.2, 0.25) is 0 Å². The van der Waals surface area contributed by atoms with Crippen molar-refractivity contribution in [2.24, 2.45) is 0 Å². The summed E-state index contributed by atoms with van der Waals surface area (Å²) in [6.45, 7) is 0. The molecule has 0 amide bonds. The molecule has 0 saturated heterocycles. The van der Waals surface area contributed by atoms with Crippen LogP contribution in [-0.2, 0) is 0 Å². The van der Waals surface area contributed by atoms with E-state index in [-0.39, 0.29) is 23.3 Å². The van der Waals surface area contributed by atoms with E-state index in [1.165, 1.54) is 0 Å². The molecule has 0 bridgehead atoms. The normalized spacial score (nSPS) is 11.5. The van der Waals surface area contributed by atoms with Crippen molar-refractivity contribution in [3.63, 3.8) is 0 Å². The number of hydrogen-bond donors (Lipinski definition) is 0. The molecule has 94 valence electrons. The SMILES string of the molecule is O=C(CCCCSC(F)(F)F)c1ccccc1. The summed E-state index contributed by atoms with van der Waals surface area (Å²) in [6, 6.07) is 8.79. The molecule has 0 saturated carbocycles. The summed E-state index contributed by atoms with van der Waals surface area (Å²) in [5, 5.41) is 0. The van der Waals surface area contributed by atoms with E-state index in [1.807, 2.05) is 6.07 Å². The number of halogens is 3. The predicted molar refractivity (Wildman–Crippen MR) is 63.1 cm³/mol. The van der Waals surface area contributed by atoms with Crippen LogP contribution in [0, 0.1) is 0 Å². The fourth-order valence-electron chi connectivity index (χ4n) is 1.34. The molecule has 0 aliphatic rings. The van der Waals surface area contributed by atoms with Gasteiger partial charge in [-0.05, 0) is 12.8 Å². The maximum atomic E-state index is 11.8. The lowest BCUT2D eigenvalue weighted by Crippen LogP contribution is -2.02. The Labute approximate surface area is 102 Å². The van der Waals surface area contributed by atoms with Gasteiger partial charge in [-0.1, -0.05) is 42.1 Å². The van der Waals surface area contributed by atoms with E-state index >= 15 is 0 Å². The molecular formula is C12H13F3OS. The van der Waals surface area contributed by atoms with Gasteiger partial charge in [0.15, 0.2) is 5.78 Å². The summed E-state index contributed by atoms with van der Waals surface area (Å²) in [6.07, 6.45) is 1.21. The van der Waals surface area contributed by atoms with Crippen LogP contribution < -0.4 is 0 Å². The molecule has 0 heterocycles. The van der Waals surface area contributed by atoms with Crippen molar-refractivity contribution in [2.45, 2.75) is 24.8 Å². The van der Waals surface area contributed by atoms with E-state index in [1.54, 1.807) is 24.3 Å². The lowest BCUT2D eigenvalue weighted by molar-refractivity contribution is -0.0328. The van der Waals surface area contributed by atoms with Crippen LogP contribution in [0.5, 0.6) is 0 Å². The number of benzene rings is 1. The Morgan fingerprint density at radius 3 is 2.35 bits per heavy atom. The van der Waals surface area contributed by atoms with Gasteiger partial charge in [0, 0.05) is 17.7 Å². The average molecular weight is 262 g/mol. The number of alkyl halides is 3. The summed E-state index contributed by atoms with van der Waals surface area (Å²) >= 11 is -0.0303. The third kappa shape index (κ3) is 6.36. The number of rotatable bonds is 6. The highest BCUT2D eigenvalue weighted by Crippen LogP contribution is 2.30. The molecule has 1 nitrogen and oxygen atoms in total. The van der Waals surface area contributed by atoms with E-state index in [4.69, 9.17) is 0 Å². The van der Waals surface area contributed by atoms with Crippen LogP contribution in [0.4, 0.5) is 13.2 Å². The van der Waals surface area contributed by atoms with Gasteiger partial charge < -0.3 is 0 Å². The smallest absolute Gasteiger partial charge is 0.294 e. The molecule has 0 atom stereocenters. The summed E-state index contributed by atoms with van der Waals surface area (Å²) < 4.78 is 35.4. The molecule has 17 heavy (non-hydrogen) atoms. The van der Waals surface area contributed by atoms with Crippen LogP contribution in [0.3, 0.4) is 0 Å². The minimum atomic E-state index is -4.16. The third-order valence-corrected chi connectivity index (χ3v) is 2.98. The van der Waals surface area contributed by atoms with E-state index in [9.17, 15) is 18.0 Å². The van der Waals surface area contributed by atoms with E-state index in [0.717, 1.165) is 0 Å². The molecule has 0 N–H and O–H groups in total. The Bertz CT molecular complexity index is 349. The fourth-order valence-corrected chi connectivity index (χ4v) is 1.92. The van der Waals surface area contributed by atoms with Crippen molar-refractivity contribution >= 4 is 17.5 Å². The minimum Gasteiger partial charge on any atom is -0.294 e. The van der Waals surface area contributed by atoms with E-state index in [0.29, 0.717) is 24.8 Å². The van der Waals surface area contributed by atoms with Crippen LogP contribution in [-0.4, -0.2) is 17.0 Å². The van der Waals surface area contributed by atoms with Crippen LogP contribution in [0.1, 0.15) is 29.6 Å². The topological polar surface area (TPSA) is 17.1 Å². The van der Waals surface area contributed by atoms with Crippen LogP contribution in [0.2, 0.25) is 0 Å². The number of carbonyl (C=O) groups excluding carboxylic acids is 1. The number of unbranched alkanes of at least 4 members (excludes halogenated alkanes) is 1. The summed E-state index contributed by atoms with van der Waals surface area (Å²) in [5.74, 6) is 0.00794. The number of thioether (sulfide) groups is 1. The third-order valence-electron chi connectivity index (χ3n) is 2.16. The first-order valence-electron chi connectivity index (χ1n) is 5.28. The number of hydrogen-bond acceptors (Lipinski definition) is 2. The lowest BCUT2D eigenvalue weighted by Gasteiger charge is -2.04. The lowest BCUT2D eigenvalue weighted by atomic mass is 10.1. The zero-order valence-corrected chi connectivity index (χ0v) is 9.98. The van der Waals surface area contributed by atoms with Crippen LogP contribution >= 0.6 is 11.8 Å². The number of ketones is 1. The number of carbonyl (C=O) groups is 1. The molecule has 1 aromatic carbocycles. The summed E-state index contributed by atoms with van der Waals surface area (Å²) in [5.41, 5.74) is -3.54. The average Bonchev–Trinajstić information content (AvgIpc) is 2.28. The molecule has 0 radical (unpaired) electrons. The van der Waals surface area contributed by atoms with E-state index < -0.39 is 5.51 Å². The van der Waals surface area contributed by atoms with Crippen molar-refractivity contribution in [3.8, 4) is 0 Å². The van der Waals surface area contributed by atoms with Crippen molar-refractivity contribution in [2.75, 3.05) is 5.75 Å². The van der Waals surface area contributed by atoms with Gasteiger partial charge in [0.1, 0.15) is 0 Å². The Hall–Kier alpha value is -0.970. The molecule has 0 aliphatic carbocycles. The molecular weight excluding hydrogens is 249 g/mol. The molecule has 0 aromatic heterocycles. The Kier molecular flexibility index (Phi) is 5.55. The van der Waals surface area contributed by atoms with Crippen molar-refractivity contribution in [3.05, 3.63) is 35.9 Å². The molecule has 0 fully saturated rings. The first-order chi connectivity index (χ1) is 7.99. The second-order valence-electron chi connectivity index (χ2n) is 3.54. The standard InChI is InChI=1S/C12H13F3OS/c13-12(14,15)17-9-5-4-8-11(16)10-6-2-1-3-7-10/h1-3,6-7H,4-5,8-9H2. The zero-order valence-electron chi connectivity index (χ0n) is 9.17. The van der Waals surface area contributed by atoms with Crippen molar-refractivity contribution in [1.82, 2.24) is 0 Å². The Morgan fingerprint density at radius 2 is 1.76 bits per heavy atom. The monoisotopic (exact) mass is 262 g/mol. The largest absolute Gasteiger partial charge is 0.441 e. The molecule has 1 rings (SSSR count). The van der Waals surface area contributed by atoms with Gasteiger partial charge in [0.05, 0.1) is 0 Å². The molecule has 5 heteroatoms. The van der Waals surface area contributed by atoms with Crippen molar-refractivity contribution in [1.29, 1.82) is 0 Å². The molecule has 0 unspecified atom stereocenters. The first-order valence-corrected chi connectivity index (χ1v) is 6.26. The molecule has 1 aromatic rings. The highest BCUT2D eigenvalue weighted by molar-refractivity contribution is 8.00. The van der Waals surface area contributed by atoms with Gasteiger partial charge in [-0.3, -0.25) is 4.79 Å². The highest BCUT2D eigenvalue weighted by Gasteiger charge is 2.27. The quantitative estimate of drug-likeness (QED) is 0.562. The maximum absolute atomic E-state index is 11.8. The summed E-state index contributed by atoms with van der Waals surface area (Å²) in [4.78, 5) is 11.6. The first kappa shape index (κ1) is 14.1. The van der Waals surface area contributed by atoms with Gasteiger partial charge in [-0.25, -0.2) is 0 Å². The second-order valence-corrected chi connectivity index (χ2v) is 4.70.